The fourth-order valence-electron chi connectivity index (χ4n) is 4.14. The molecule has 0 spiro atoms. The van der Waals surface area contributed by atoms with E-state index >= 15 is 0 Å². The van der Waals surface area contributed by atoms with E-state index in [2.05, 4.69) is 29.9 Å². The van der Waals surface area contributed by atoms with Crippen LogP contribution in [0.5, 0.6) is 59.1 Å². The second-order valence-corrected chi connectivity index (χ2v) is 11.3. The molecule has 56 heavy (non-hydrogen) atoms. The first-order valence-electron chi connectivity index (χ1n) is 15.3. The maximum atomic E-state index is 13.2. The Bertz CT molecular complexity index is 2130. The number of carboxylic acid groups (broad SMARTS) is 4. The molecule has 0 unspecified atom stereocenters. The molecule has 22 heteroatoms. The minimum absolute atomic E-state index is 0.0346. The highest BCUT2D eigenvalue weighted by Crippen LogP contribution is 2.33. The Balaban J connectivity index is 1.26. The van der Waals surface area contributed by atoms with Gasteiger partial charge in [0.25, 0.3) is 0 Å². The zero-order valence-electron chi connectivity index (χ0n) is 27.6. The van der Waals surface area contributed by atoms with Gasteiger partial charge < -0.3 is 39.4 Å². The number of hydrogen-bond donors (Lipinski definition) is 4. The summed E-state index contributed by atoms with van der Waals surface area (Å²) >= 11 is 0. The number of carbonyl (C=O) groups is 4. The molecule has 2 aromatic heterocycles. The number of hydrogen-bond acceptors (Lipinski definition) is 17. The molecule has 0 saturated heterocycles. The van der Waals surface area contributed by atoms with Gasteiger partial charge in [0.05, 0.1) is 22.3 Å². The summed E-state index contributed by atoms with van der Waals surface area (Å²) in [6.45, 7) is 0. The van der Waals surface area contributed by atoms with Gasteiger partial charge in [0.1, 0.15) is 23.0 Å². The molecule has 0 aliphatic rings. The van der Waals surface area contributed by atoms with Crippen LogP contribution in [0.25, 0.3) is 0 Å². The van der Waals surface area contributed by atoms with Crippen LogP contribution in [0.4, 0.5) is 0 Å². The average molecular weight is 784 g/mol. The number of ether oxygens (including phenoxy) is 4. The van der Waals surface area contributed by atoms with Crippen molar-refractivity contribution in [3.63, 3.8) is 0 Å². The molecule has 0 amide bonds. The third-order valence-corrected chi connectivity index (χ3v) is 7.33. The number of rotatable bonds is 16. The standard InChI is InChI=1S/C34H19N6O15P/c41-25(42)17-1-9-21(10-2-17)50-29-35-30(51-22-11-3-18(4-12-22)26(43)44)38-33(37-29)54-56(49)55-34-39-31(52-23-13-5-19(6-14-23)27(45)46)36-32(40-34)53-24-15-7-20(8-16-24)28(47)48/h1-16H,(H3-,41,42,43,44,45,46,47,48)/p+1. The molecule has 0 atom stereocenters. The van der Waals surface area contributed by atoms with Gasteiger partial charge in [0, 0.05) is 4.57 Å². The van der Waals surface area contributed by atoms with E-state index in [1.807, 2.05) is 0 Å². The molecular weight excluding hydrogens is 763 g/mol. The highest BCUT2D eigenvalue weighted by Gasteiger charge is 2.31. The predicted molar refractivity (Wildman–Crippen MR) is 182 cm³/mol. The van der Waals surface area contributed by atoms with Crippen molar-refractivity contribution < 1.29 is 72.2 Å². The molecule has 2 heterocycles. The highest BCUT2D eigenvalue weighted by atomic mass is 31.1. The molecule has 0 aliphatic carbocycles. The number of nitrogens with zero attached hydrogens (tertiary/aromatic N) is 6. The summed E-state index contributed by atoms with van der Waals surface area (Å²) in [5.41, 5.74) is -0.138. The Morgan fingerprint density at radius 3 is 0.750 bits per heavy atom. The largest absolute Gasteiger partial charge is 0.812 e. The molecule has 0 radical (unpaired) electrons. The Kier molecular flexibility index (Phi) is 11.1. The number of aromatic carboxylic acids is 4. The van der Waals surface area contributed by atoms with Gasteiger partial charge in [-0.05, 0) is 97.1 Å². The lowest BCUT2D eigenvalue weighted by Crippen LogP contribution is -2.04. The van der Waals surface area contributed by atoms with Gasteiger partial charge >= 0.3 is 68.2 Å². The van der Waals surface area contributed by atoms with E-state index in [4.69, 9.17) is 28.0 Å². The predicted octanol–water partition coefficient (Wildman–Crippen LogP) is 6.13. The maximum Gasteiger partial charge on any atom is 0.812 e. The van der Waals surface area contributed by atoms with E-state index < -0.39 is 68.2 Å². The van der Waals surface area contributed by atoms with E-state index in [1.54, 1.807) is 0 Å². The van der Waals surface area contributed by atoms with Gasteiger partial charge in [0.15, 0.2) is 0 Å². The van der Waals surface area contributed by atoms with Crippen molar-refractivity contribution in [2.24, 2.45) is 0 Å². The van der Waals surface area contributed by atoms with Crippen LogP contribution in [0.2, 0.25) is 0 Å². The summed E-state index contributed by atoms with van der Waals surface area (Å²) in [5, 5.41) is 36.8. The molecular formula is C34H20N6O15P+. The van der Waals surface area contributed by atoms with Crippen LogP contribution < -0.4 is 28.0 Å². The molecule has 280 valence electrons. The summed E-state index contributed by atoms with van der Waals surface area (Å²) in [5.74, 6) is -4.43. The van der Waals surface area contributed by atoms with Gasteiger partial charge in [-0.2, -0.15) is 9.05 Å². The van der Waals surface area contributed by atoms with Crippen molar-refractivity contribution in [3.05, 3.63) is 119 Å². The quantitative estimate of drug-likeness (QED) is 0.0802. The van der Waals surface area contributed by atoms with E-state index in [0.717, 1.165) is 0 Å². The Labute approximate surface area is 312 Å². The van der Waals surface area contributed by atoms with Crippen LogP contribution >= 0.6 is 8.25 Å². The van der Waals surface area contributed by atoms with Crippen LogP contribution in [0.15, 0.2) is 97.1 Å². The molecule has 6 aromatic rings. The number of carboxylic acids is 4. The van der Waals surface area contributed by atoms with Crippen molar-refractivity contribution in [2.75, 3.05) is 0 Å². The second-order valence-electron chi connectivity index (χ2n) is 10.5. The van der Waals surface area contributed by atoms with Gasteiger partial charge in [-0.25, -0.2) is 19.2 Å². The topological polar surface area (TPSA) is 299 Å². The monoisotopic (exact) mass is 783 g/mol. The van der Waals surface area contributed by atoms with Crippen LogP contribution in [0.1, 0.15) is 41.4 Å². The smallest absolute Gasteiger partial charge is 0.478 e. The average Bonchev–Trinajstić information content (AvgIpc) is 3.15. The number of aromatic nitrogens is 6. The Hall–Kier alpha value is -8.32. The van der Waals surface area contributed by atoms with Crippen molar-refractivity contribution in [3.8, 4) is 59.1 Å². The minimum atomic E-state index is -3.31. The normalized spacial score (nSPS) is 10.4. The second kappa shape index (κ2) is 16.6. The first kappa shape index (κ1) is 37.4. The zero-order chi connectivity index (χ0) is 39.8. The van der Waals surface area contributed by atoms with Gasteiger partial charge in [-0.1, -0.05) is 0 Å². The van der Waals surface area contributed by atoms with Gasteiger partial charge in [-0.3, -0.25) is 0 Å². The summed E-state index contributed by atoms with van der Waals surface area (Å²) < 4.78 is 46.2. The fraction of sp³-hybridized carbons (Fsp3) is 0. The van der Waals surface area contributed by atoms with Crippen LogP contribution in [-0.4, -0.2) is 74.2 Å². The fourth-order valence-corrected chi connectivity index (χ4v) is 4.61. The van der Waals surface area contributed by atoms with Crippen LogP contribution in [-0.2, 0) is 4.57 Å². The van der Waals surface area contributed by atoms with E-state index in [9.17, 15) is 44.2 Å². The summed E-state index contributed by atoms with van der Waals surface area (Å²) in [6, 6.07) is 17.2. The molecule has 0 saturated carbocycles. The zero-order valence-corrected chi connectivity index (χ0v) is 28.5. The van der Waals surface area contributed by atoms with Gasteiger partial charge in [0.2, 0.25) is 0 Å². The molecule has 4 aromatic carbocycles. The first-order chi connectivity index (χ1) is 26.9. The van der Waals surface area contributed by atoms with Gasteiger partial charge in [-0.15, -0.1) is 29.9 Å². The molecule has 0 aliphatic heterocycles. The Morgan fingerprint density at radius 1 is 0.357 bits per heavy atom. The maximum absolute atomic E-state index is 13.2. The lowest BCUT2D eigenvalue weighted by Gasteiger charge is -2.08. The first-order valence-corrected chi connectivity index (χ1v) is 16.4. The van der Waals surface area contributed by atoms with Crippen molar-refractivity contribution in [1.82, 2.24) is 29.9 Å². The van der Waals surface area contributed by atoms with Crippen molar-refractivity contribution in [1.29, 1.82) is 0 Å². The third-order valence-electron chi connectivity index (χ3n) is 6.70. The molecule has 0 fully saturated rings. The Morgan fingerprint density at radius 2 is 0.554 bits per heavy atom. The van der Waals surface area contributed by atoms with Crippen LogP contribution in [0, 0.1) is 0 Å². The van der Waals surface area contributed by atoms with Crippen LogP contribution in [0.3, 0.4) is 0 Å². The van der Waals surface area contributed by atoms with E-state index in [-0.39, 0.29) is 45.3 Å². The minimum Gasteiger partial charge on any atom is -0.478 e. The molecule has 6 rings (SSSR count). The lowest BCUT2D eigenvalue weighted by molar-refractivity contribution is 0.0686. The van der Waals surface area contributed by atoms with Crippen molar-refractivity contribution in [2.45, 2.75) is 0 Å². The lowest BCUT2D eigenvalue weighted by atomic mass is 10.2. The molecule has 21 nitrogen and oxygen atoms in total. The van der Waals surface area contributed by atoms with E-state index in [1.165, 1.54) is 97.1 Å². The summed E-state index contributed by atoms with van der Waals surface area (Å²) in [6.07, 6.45) is 0. The number of benzene rings is 4. The third kappa shape index (κ3) is 9.96. The summed E-state index contributed by atoms with van der Waals surface area (Å²) in [7, 11) is -3.31. The molecule has 4 N–H and O–H groups in total. The summed E-state index contributed by atoms with van der Waals surface area (Å²) in [4.78, 5) is 68.8. The molecule has 0 bridgehead atoms. The SMILES string of the molecule is O=C(O)c1ccc(Oc2nc(Oc3ccc(C(=O)O)cc3)nc(O[P+](=O)Oc3nc(Oc4ccc(C(=O)O)cc4)nc(Oc4ccc(C(=O)O)cc4)n3)n2)cc1. The van der Waals surface area contributed by atoms with E-state index in [0.29, 0.717) is 0 Å². The van der Waals surface area contributed by atoms with Crippen molar-refractivity contribution >= 4 is 32.1 Å². The highest BCUT2D eigenvalue weighted by molar-refractivity contribution is 7.34.